The molecule has 0 unspecified atom stereocenters. The van der Waals surface area contributed by atoms with Crippen LogP contribution in [-0.2, 0) is 0 Å². The molecule has 0 amide bonds. The molecule has 5 rings (SSSR count). The maximum Gasteiger partial charge on any atom is 0.400 e. The molecule has 2 aromatic rings. The Morgan fingerprint density at radius 1 is 0.658 bits per heavy atom. The first-order chi connectivity index (χ1) is 18.2. The van der Waals surface area contributed by atoms with Crippen LogP contribution in [0.1, 0.15) is 89.5 Å². The zero-order valence-corrected chi connectivity index (χ0v) is 22.8. The summed E-state index contributed by atoms with van der Waals surface area (Å²) in [6.45, 7) is 4.25. The molecule has 3 fully saturated rings. The fourth-order valence-corrected chi connectivity index (χ4v) is 7.62. The molecule has 0 aliphatic heterocycles. The van der Waals surface area contributed by atoms with Crippen molar-refractivity contribution in [2.24, 2.45) is 35.5 Å². The molecule has 3 saturated carbocycles. The normalized spacial score (nSPS) is 30.7. The van der Waals surface area contributed by atoms with Crippen molar-refractivity contribution in [1.29, 1.82) is 0 Å². The predicted octanol–water partition coefficient (Wildman–Crippen LogP) is 10.4. The van der Waals surface area contributed by atoms with Crippen molar-refractivity contribution in [2.75, 3.05) is 0 Å². The molecule has 0 radical (unpaired) electrons. The van der Waals surface area contributed by atoms with Gasteiger partial charge < -0.3 is 4.74 Å². The molecule has 3 aliphatic carbocycles. The molecular weight excluding hydrogens is 488 g/mol. The van der Waals surface area contributed by atoms with Crippen LogP contribution >= 0.6 is 0 Å². The van der Waals surface area contributed by atoms with Gasteiger partial charge in [-0.25, -0.2) is 8.78 Å². The molecule has 0 heterocycles. The van der Waals surface area contributed by atoms with E-state index in [-0.39, 0.29) is 5.56 Å². The predicted molar refractivity (Wildman–Crippen MR) is 144 cm³/mol. The fourth-order valence-electron chi connectivity index (χ4n) is 7.62. The molecule has 2 aromatic carbocycles. The van der Waals surface area contributed by atoms with Gasteiger partial charge in [0.15, 0.2) is 0 Å². The Labute approximate surface area is 225 Å². The van der Waals surface area contributed by atoms with Crippen LogP contribution in [0.15, 0.2) is 36.4 Å². The third-order valence-corrected chi connectivity index (χ3v) is 10.1. The lowest BCUT2D eigenvalue weighted by Crippen LogP contribution is -2.38. The summed E-state index contributed by atoms with van der Waals surface area (Å²) < 4.78 is 64.7. The Morgan fingerprint density at radius 2 is 1.08 bits per heavy atom. The summed E-state index contributed by atoms with van der Waals surface area (Å²) in [7, 11) is 0. The number of rotatable bonds is 6. The summed E-state index contributed by atoms with van der Waals surface area (Å²) in [6.07, 6.45) is 9.53. The van der Waals surface area contributed by atoms with E-state index in [9.17, 15) is 8.78 Å². The van der Waals surface area contributed by atoms with E-state index in [1.165, 1.54) is 51.4 Å². The van der Waals surface area contributed by atoms with Gasteiger partial charge in [-0.05, 0) is 106 Å². The Bertz CT molecular complexity index is 1030. The summed E-state index contributed by atoms with van der Waals surface area (Å²) in [5.74, 6) is 0.630. The third-order valence-electron chi connectivity index (χ3n) is 10.1. The lowest BCUT2D eigenvalue weighted by Gasteiger charge is -2.41. The molecule has 5 heteroatoms. The van der Waals surface area contributed by atoms with Crippen molar-refractivity contribution < 1.29 is 22.3 Å². The highest BCUT2D eigenvalue weighted by atomic mass is 19.3. The van der Waals surface area contributed by atoms with E-state index in [0.717, 1.165) is 48.3 Å². The van der Waals surface area contributed by atoms with Gasteiger partial charge in [0.25, 0.3) is 0 Å². The van der Waals surface area contributed by atoms with E-state index in [1.807, 2.05) is 6.92 Å². The number of benzene rings is 2. The second-order valence-electron chi connectivity index (χ2n) is 12.6. The van der Waals surface area contributed by atoms with Crippen LogP contribution in [-0.4, -0.2) is 6.11 Å². The molecule has 3 aliphatic rings. The van der Waals surface area contributed by atoms with E-state index in [2.05, 4.69) is 6.92 Å². The number of alkyl halides is 2. The van der Waals surface area contributed by atoms with Crippen molar-refractivity contribution in [3.8, 4) is 16.9 Å². The van der Waals surface area contributed by atoms with E-state index >= 15 is 8.78 Å². The van der Waals surface area contributed by atoms with Crippen molar-refractivity contribution in [3.05, 3.63) is 53.6 Å². The van der Waals surface area contributed by atoms with Crippen molar-refractivity contribution >= 4 is 0 Å². The number of halogens is 4. The fraction of sp³-hybridized carbons (Fsp3) is 0.636. The molecule has 208 valence electrons. The van der Waals surface area contributed by atoms with E-state index in [0.29, 0.717) is 30.2 Å². The van der Waals surface area contributed by atoms with Gasteiger partial charge in [-0.2, -0.15) is 8.78 Å². The van der Waals surface area contributed by atoms with Gasteiger partial charge in [-0.3, -0.25) is 0 Å². The summed E-state index contributed by atoms with van der Waals surface area (Å²) in [6, 6.07) is 8.50. The average Bonchev–Trinajstić information content (AvgIpc) is 2.90. The van der Waals surface area contributed by atoms with E-state index in [1.54, 1.807) is 24.3 Å². The minimum absolute atomic E-state index is 0.228. The quantitative estimate of drug-likeness (QED) is 0.338. The topological polar surface area (TPSA) is 9.23 Å². The van der Waals surface area contributed by atoms with Gasteiger partial charge >= 0.3 is 6.11 Å². The largest absolute Gasteiger partial charge is 0.432 e. The average molecular weight is 531 g/mol. The highest BCUT2D eigenvalue weighted by molar-refractivity contribution is 5.66. The minimum Gasteiger partial charge on any atom is -0.432 e. The summed E-state index contributed by atoms with van der Waals surface area (Å²) in [5.41, 5.74) is 1.10. The second kappa shape index (κ2) is 11.6. The number of hydrogen-bond acceptors (Lipinski definition) is 1. The molecule has 0 spiro atoms. The summed E-state index contributed by atoms with van der Waals surface area (Å²) in [4.78, 5) is 0. The van der Waals surface area contributed by atoms with Gasteiger partial charge in [0, 0.05) is 12.1 Å². The van der Waals surface area contributed by atoms with Crippen LogP contribution < -0.4 is 4.74 Å². The van der Waals surface area contributed by atoms with Crippen molar-refractivity contribution in [1.82, 2.24) is 0 Å². The molecule has 0 N–H and O–H groups in total. The number of hydrogen-bond donors (Lipinski definition) is 0. The van der Waals surface area contributed by atoms with Crippen molar-refractivity contribution in [3.63, 3.8) is 0 Å². The molecule has 0 saturated heterocycles. The second-order valence-corrected chi connectivity index (χ2v) is 12.6. The van der Waals surface area contributed by atoms with Crippen molar-refractivity contribution in [2.45, 2.75) is 97.0 Å². The SMILES string of the molecule is Cc1ccc(-c2c(F)cc(OC(F)(F)C3CCC(C4CCC(C5CCC(C)CC5)CC4)CC3)cc2F)cc1. The lowest BCUT2D eigenvalue weighted by molar-refractivity contribution is -0.224. The Balaban J connectivity index is 1.13. The van der Waals surface area contributed by atoms with Gasteiger partial charge in [0.1, 0.15) is 17.4 Å². The third kappa shape index (κ3) is 6.23. The maximum absolute atomic E-state index is 15.1. The zero-order chi connectivity index (χ0) is 26.9. The molecule has 0 atom stereocenters. The van der Waals surface area contributed by atoms with Crippen LogP contribution in [0.25, 0.3) is 11.1 Å². The summed E-state index contributed by atoms with van der Waals surface area (Å²) in [5, 5.41) is 0. The molecule has 38 heavy (non-hydrogen) atoms. The maximum atomic E-state index is 15.1. The van der Waals surface area contributed by atoms with Crippen LogP contribution in [0.5, 0.6) is 5.75 Å². The Morgan fingerprint density at radius 3 is 1.55 bits per heavy atom. The zero-order valence-electron chi connectivity index (χ0n) is 22.8. The first-order valence-corrected chi connectivity index (χ1v) is 14.8. The summed E-state index contributed by atoms with van der Waals surface area (Å²) >= 11 is 0. The van der Waals surface area contributed by atoms with Crippen LogP contribution in [0.2, 0.25) is 0 Å². The van der Waals surface area contributed by atoms with E-state index < -0.39 is 29.4 Å². The smallest absolute Gasteiger partial charge is 0.400 e. The molecule has 0 aromatic heterocycles. The first-order valence-electron chi connectivity index (χ1n) is 14.8. The Kier molecular flexibility index (Phi) is 8.40. The van der Waals surface area contributed by atoms with E-state index in [4.69, 9.17) is 4.74 Å². The van der Waals surface area contributed by atoms with Gasteiger partial charge in [-0.1, -0.05) is 49.6 Å². The molecule has 1 nitrogen and oxygen atoms in total. The van der Waals surface area contributed by atoms with Crippen LogP contribution in [0.4, 0.5) is 17.6 Å². The van der Waals surface area contributed by atoms with Crippen LogP contribution in [0, 0.1) is 54.1 Å². The molecular formula is C33H42F4O. The Hall–Kier alpha value is -2.04. The number of aryl methyl sites for hydroxylation is 1. The van der Waals surface area contributed by atoms with Gasteiger partial charge in [0.2, 0.25) is 0 Å². The lowest BCUT2D eigenvalue weighted by atomic mass is 9.65. The minimum atomic E-state index is -3.45. The highest BCUT2D eigenvalue weighted by Crippen LogP contribution is 2.48. The van der Waals surface area contributed by atoms with Gasteiger partial charge in [-0.15, -0.1) is 0 Å². The monoisotopic (exact) mass is 530 g/mol. The first kappa shape index (κ1) is 27.5. The standard InChI is InChI=1S/C33H42F4O/c1-21-3-7-23(8-4-21)24-11-13-25(14-12-24)26-15-17-28(18-16-26)33(36,37)38-29-19-30(34)32(31(35)20-29)27-9-5-22(2)6-10-27/h5-6,9-10,19-21,23-26,28H,3-4,7-8,11-18H2,1-2H3. The molecule has 0 bridgehead atoms. The number of ether oxygens (including phenoxy) is 1. The highest BCUT2D eigenvalue weighted by Gasteiger charge is 2.45. The van der Waals surface area contributed by atoms with Gasteiger partial charge in [0.05, 0.1) is 11.5 Å². The van der Waals surface area contributed by atoms with Crippen LogP contribution in [0.3, 0.4) is 0 Å².